The van der Waals surface area contributed by atoms with E-state index in [1.54, 1.807) is 6.92 Å². The molecule has 82 valence electrons. The van der Waals surface area contributed by atoms with Gasteiger partial charge in [0, 0.05) is 18.1 Å². The van der Waals surface area contributed by atoms with E-state index in [1.807, 2.05) is 0 Å². The van der Waals surface area contributed by atoms with Gasteiger partial charge in [-0.1, -0.05) is 0 Å². The van der Waals surface area contributed by atoms with Crippen LogP contribution in [0, 0.1) is 0 Å². The quantitative estimate of drug-likeness (QED) is 0.698. The molecule has 1 rings (SSSR count). The number of likely N-dealkylation sites (N-methyl/N-ethyl adjacent to an activating group) is 1. The minimum atomic E-state index is -0.780. The highest BCUT2D eigenvalue weighted by molar-refractivity contribution is 5.72. The lowest BCUT2D eigenvalue weighted by atomic mass is 10.0. The molecule has 0 aromatic carbocycles. The molecule has 1 saturated heterocycles. The van der Waals surface area contributed by atoms with Gasteiger partial charge in [0.1, 0.15) is 6.04 Å². The Balaban J connectivity index is 2.47. The van der Waals surface area contributed by atoms with Crippen molar-refractivity contribution in [2.75, 3.05) is 13.6 Å². The molecule has 0 bridgehead atoms. The molecule has 1 heterocycles. The number of carboxylic acids is 1. The Labute approximate surface area is 85.3 Å². The Bertz CT molecular complexity index is 228. The molecule has 1 aliphatic heterocycles. The maximum Gasteiger partial charge on any atom is 0.320 e. The lowest BCUT2D eigenvalue weighted by molar-refractivity contribution is -0.139. The zero-order valence-electron chi connectivity index (χ0n) is 9.37. The van der Waals surface area contributed by atoms with Crippen molar-refractivity contribution in [3.05, 3.63) is 0 Å². The molecule has 0 saturated carbocycles. The third-order valence-electron chi connectivity index (χ3n) is 3.13. The van der Waals surface area contributed by atoms with Crippen LogP contribution in [0.25, 0.3) is 0 Å². The van der Waals surface area contributed by atoms with E-state index in [-0.39, 0.29) is 5.54 Å². The molecule has 2 atom stereocenters. The molecule has 1 unspecified atom stereocenters. The molecule has 1 fully saturated rings. The molecular formula is C10H20N2O2. The van der Waals surface area contributed by atoms with E-state index in [9.17, 15) is 4.79 Å². The van der Waals surface area contributed by atoms with Gasteiger partial charge < -0.3 is 10.4 Å². The van der Waals surface area contributed by atoms with E-state index in [2.05, 4.69) is 31.1 Å². The summed E-state index contributed by atoms with van der Waals surface area (Å²) in [4.78, 5) is 12.9. The highest BCUT2D eigenvalue weighted by Gasteiger charge is 2.36. The maximum atomic E-state index is 10.7. The summed E-state index contributed by atoms with van der Waals surface area (Å²) >= 11 is 0. The topological polar surface area (TPSA) is 52.6 Å². The van der Waals surface area contributed by atoms with Crippen LogP contribution in [-0.2, 0) is 4.79 Å². The number of hydrogen-bond acceptors (Lipinski definition) is 3. The third kappa shape index (κ3) is 2.45. The third-order valence-corrected chi connectivity index (χ3v) is 3.13. The molecular weight excluding hydrogens is 180 g/mol. The first-order valence-corrected chi connectivity index (χ1v) is 5.03. The molecule has 0 aromatic heterocycles. The minimum Gasteiger partial charge on any atom is -0.480 e. The Kier molecular flexibility index (Phi) is 3.17. The standard InChI is InChI=1S/C10H20N2O2/c1-7(9(13)14)11-8-5-10(2,3)12(4)6-8/h7-8,11H,5-6H2,1-4H3,(H,13,14)/t7-,8?/m0/s1. The predicted molar refractivity (Wildman–Crippen MR) is 55.3 cm³/mol. The first-order chi connectivity index (χ1) is 6.33. The summed E-state index contributed by atoms with van der Waals surface area (Å²) in [6, 6.07) is -0.164. The van der Waals surface area contributed by atoms with Crippen molar-refractivity contribution in [3.63, 3.8) is 0 Å². The number of nitrogens with zero attached hydrogens (tertiary/aromatic N) is 1. The number of aliphatic carboxylic acids is 1. The molecule has 0 spiro atoms. The summed E-state index contributed by atoms with van der Waals surface area (Å²) in [6.07, 6.45) is 1.00. The zero-order chi connectivity index (χ0) is 10.9. The second-order valence-electron chi connectivity index (χ2n) is 4.82. The Morgan fingerprint density at radius 3 is 2.57 bits per heavy atom. The van der Waals surface area contributed by atoms with Gasteiger partial charge in [-0.3, -0.25) is 9.69 Å². The van der Waals surface area contributed by atoms with Crippen molar-refractivity contribution in [1.29, 1.82) is 0 Å². The van der Waals surface area contributed by atoms with Crippen molar-refractivity contribution in [2.45, 2.75) is 44.8 Å². The van der Waals surface area contributed by atoms with Gasteiger partial charge >= 0.3 is 5.97 Å². The van der Waals surface area contributed by atoms with E-state index in [1.165, 1.54) is 0 Å². The average molecular weight is 200 g/mol. The summed E-state index contributed by atoms with van der Waals surface area (Å²) in [7, 11) is 2.08. The normalized spacial score (nSPS) is 29.0. The van der Waals surface area contributed by atoms with Gasteiger partial charge in [0.15, 0.2) is 0 Å². The minimum absolute atomic E-state index is 0.176. The molecule has 4 heteroatoms. The summed E-state index contributed by atoms with van der Waals surface area (Å²) in [5, 5.41) is 11.9. The molecule has 2 N–H and O–H groups in total. The van der Waals surface area contributed by atoms with Gasteiger partial charge in [0.25, 0.3) is 0 Å². The molecule has 14 heavy (non-hydrogen) atoms. The van der Waals surface area contributed by atoms with Crippen LogP contribution in [-0.4, -0.2) is 47.2 Å². The molecule has 4 nitrogen and oxygen atoms in total. The Morgan fingerprint density at radius 1 is 1.64 bits per heavy atom. The molecule has 0 aliphatic carbocycles. The lowest BCUT2D eigenvalue weighted by Gasteiger charge is -2.26. The second-order valence-corrected chi connectivity index (χ2v) is 4.82. The van der Waals surface area contributed by atoms with Crippen molar-refractivity contribution in [2.24, 2.45) is 0 Å². The summed E-state index contributed by atoms with van der Waals surface area (Å²) in [5.41, 5.74) is 0.176. The van der Waals surface area contributed by atoms with Crippen LogP contribution in [0.1, 0.15) is 27.2 Å². The number of hydrogen-bond donors (Lipinski definition) is 2. The highest BCUT2D eigenvalue weighted by Crippen LogP contribution is 2.26. The van der Waals surface area contributed by atoms with Crippen LogP contribution in [0.3, 0.4) is 0 Å². The zero-order valence-corrected chi connectivity index (χ0v) is 9.37. The fourth-order valence-corrected chi connectivity index (χ4v) is 1.94. The second kappa shape index (κ2) is 3.87. The van der Waals surface area contributed by atoms with Gasteiger partial charge in [-0.2, -0.15) is 0 Å². The van der Waals surface area contributed by atoms with Gasteiger partial charge in [0.2, 0.25) is 0 Å². The molecule has 0 aromatic rings. The van der Waals surface area contributed by atoms with Crippen LogP contribution in [0.5, 0.6) is 0 Å². The van der Waals surface area contributed by atoms with Crippen LogP contribution in [0.4, 0.5) is 0 Å². The molecule has 0 amide bonds. The van der Waals surface area contributed by atoms with Gasteiger partial charge in [-0.05, 0) is 34.2 Å². The van der Waals surface area contributed by atoms with Crippen molar-refractivity contribution in [1.82, 2.24) is 10.2 Å². The van der Waals surface area contributed by atoms with Gasteiger partial charge in [-0.15, -0.1) is 0 Å². The van der Waals surface area contributed by atoms with E-state index in [4.69, 9.17) is 5.11 Å². The fraction of sp³-hybridized carbons (Fsp3) is 0.900. The van der Waals surface area contributed by atoms with Crippen LogP contribution in [0.15, 0.2) is 0 Å². The molecule has 1 aliphatic rings. The average Bonchev–Trinajstić information content (AvgIpc) is 2.25. The van der Waals surface area contributed by atoms with Gasteiger partial charge in [0.05, 0.1) is 0 Å². The van der Waals surface area contributed by atoms with Gasteiger partial charge in [-0.25, -0.2) is 0 Å². The number of carbonyl (C=O) groups is 1. The lowest BCUT2D eigenvalue weighted by Crippen LogP contribution is -2.42. The highest BCUT2D eigenvalue weighted by atomic mass is 16.4. The predicted octanol–water partition coefficient (Wildman–Crippen LogP) is 0.532. The SMILES string of the molecule is C[C@H](NC1CN(C)C(C)(C)C1)C(=O)O. The maximum absolute atomic E-state index is 10.7. The number of carboxylic acid groups (broad SMARTS) is 1. The largest absolute Gasteiger partial charge is 0.480 e. The van der Waals surface area contributed by atoms with Crippen molar-refractivity contribution >= 4 is 5.97 Å². The van der Waals surface area contributed by atoms with Crippen LogP contribution >= 0.6 is 0 Å². The molecule has 0 radical (unpaired) electrons. The summed E-state index contributed by atoms with van der Waals surface area (Å²) in [5.74, 6) is -0.780. The Morgan fingerprint density at radius 2 is 2.21 bits per heavy atom. The monoisotopic (exact) mass is 200 g/mol. The van der Waals surface area contributed by atoms with E-state index >= 15 is 0 Å². The summed E-state index contributed by atoms with van der Waals surface area (Å²) in [6.45, 7) is 6.97. The fourth-order valence-electron chi connectivity index (χ4n) is 1.94. The first-order valence-electron chi connectivity index (χ1n) is 5.03. The van der Waals surface area contributed by atoms with E-state index in [0.29, 0.717) is 6.04 Å². The van der Waals surface area contributed by atoms with Crippen LogP contribution < -0.4 is 5.32 Å². The van der Waals surface area contributed by atoms with E-state index in [0.717, 1.165) is 13.0 Å². The van der Waals surface area contributed by atoms with Crippen LogP contribution in [0.2, 0.25) is 0 Å². The van der Waals surface area contributed by atoms with E-state index < -0.39 is 12.0 Å². The Hall–Kier alpha value is -0.610. The smallest absolute Gasteiger partial charge is 0.320 e. The van der Waals surface area contributed by atoms with Crippen molar-refractivity contribution < 1.29 is 9.90 Å². The number of rotatable bonds is 3. The van der Waals surface area contributed by atoms with Crippen molar-refractivity contribution in [3.8, 4) is 0 Å². The summed E-state index contributed by atoms with van der Waals surface area (Å²) < 4.78 is 0. The first kappa shape index (κ1) is 11.5. The number of likely N-dealkylation sites (tertiary alicyclic amines) is 1. The number of nitrogens with one attached hydrogen (secondary N) is 1.